The number of hydrogen-bond donors (Lipinski definition) is 2. The minimum Gasteiger partial charge on any atom is -0.504 e. The molecule has 13 heteroatoms. The van der Waals surface area contributed by atoms with E-state index in [0.717, 1.165) is 28.4 Å². The highest BCUT2D eigenvalue weighted by Crippen LogP contribution is 2.33. The Hall–Kier alpha value is -3.71. The molecular formula is C22H21BrN6O5S. The van der Waals surface area contributed by atoms with Crippen LogP contribution in [0.4, 0.5) is 5.69 Å². The number of non-ortho nitro benzene ring substituents is 1. The van der Waals surface area contributed by atoms with Gasteiger partial charge in [0.15, 0.2) is 22.5 Å². The molecule has 3 aromatic rings. The SMILES string of the molecule is C=CCn1c(S[C@@H](C)C(=O)N/N=C\c2cc([N+](=O)[O-])cc(OC)c2O)nnc1-c1ccc(Br)cc1. The average Bonchev–Trinajstić information content (AvgIpc) is 3.22. The molecule has 1 aromatic heterocycles. The summed E-state index contributed by atoms with van der Waals surface area (Å²) in [5.74, 6) is -0.224. The number of aromatic nitrogens is 3. The number of aromatic hydroxyl groups is 1. The highest BCUT2D eigenvalue weighted by atomic mass is 79.9. The summed E-state index contributed by atoms with van der Waals surface area (Å²) in [6.07, 6.45) is 2.82. The van der Waals surface area contributed by atoms with Crippen molar-refractivity contribution in [3.05, 3.63) is 69.2 Å². The molecule has 0 fully saturated rings. The van der Waals surface area contributed by atoms with Crippen LogP contribution in [0.5, 0.6) is 11.5 Å². The second-order valence-electron chi connectivity index (χ2n) is 7.05. The molecule has 0 aliphatic rings. The fraction of sp³-hybridized carbons (Fsp3) is 0.182. The van der Waals surface area contributed by atoms with Crippen molar-refractivity contribution in [3.8, 4) is 22.9 Å². The number of hydrazone groups is 1. The van der Waals surface area contributed by atoms with Crippen LogP contribution in [-0.2, 0) is 11.3 Å². The summed E-state index contributed by atoms with van der Waals surface area (Å²) in [7, 11) is 1.27. The van der Waals surface area contributed by atoms with Crippen molar-refractivity contribution in [1.82, 2.24) is 20.2 Å². The maximum atomic E-state index is 12.6. The number of benzene rings is 2. The molecular weight excluding hydrogens is 540 g/mol. The summed E-state index contributed by atoms with van der Waals surface area (Å²) in [4.78, 5) is 23.0. The van der Waals surface area contributed by atoms with Crippen LogP contribution in [0.3, 0.4) is 0 Å². The average molecular weight is 561 g/mol. The summed E-state index contributed by atoms with van der Waals surface area (Å²) in [6.45, 7) is 5.90. The van der Waals surface area contributed by atoms with E-state index in [9.17, 15) is 20.0 Å². The minimum absolute atomic E-state index is 0.0153. The van der Waals surface area contributed by atoms with E-state index in [2.05, 4.69) is 43.2 Å². The van der Waals surface area contributed by atoms with Gasteiger partial charge in [0.05, 0.1) is 29.6 Å². The van der Waals surface area contributed by atoms with Gasteiger partial charge in [0.2, 0.25) is 0 Å². The van der Waals surface area contributed by atoms with Crippen LogP contribution < -0.4 is 10.2 Å². The number of nitro benzene ring substituents is 1. The predicted molar refractivity (Wildman–Crippen MR) is 136 cm³/mol. The molecule has 35 heavy (non-hydrogen) atoms. The quantitative estimate of drug-likeness (QED) is 0.124. The van der Waals surface area contributed by atoms with Crippen LogP contribution in [0.15, 0.2) is 63.8 Å². The molecule has 3 rings (SSSR count). The molecule has 0 spiro atoms. The third kappa shape index (κ3) is 6.25. The zero-order valence-corrected chi connectivity index (χ0v) is 21.1. The third-order valence-electron chi connectivity index (χ3n) is 4.68. The van der Waals surface area contributed by atoms with Gasteiger partial charge in [-0.3, -0.25) is 19.5 Å². The minimum atomic E-state index is -0.626. The number of nitrogens with zero attached hydrogens (tertiary/aromatic N) is 5. The van der Waals surface area contributed by atoms with E-state index in [-0.39, 0.29) is 22.7 Å². The van der Waals surface area contributed by atoms with Crippen molar-refractivity contribution in [3.63, 3.8) is 0 Å². The Balaban J connectivity index is 1.73. The molecule has 0 bridgehead atoms. The van der Waals surface area contributed by atoms with Crippen LogP contribution in [0.25, 0.3) is 11.4 Å². The Labute approximate surface area is 213 Å². The van der Waals surface area contributed by atoms with Gasteiger partial charge in [-0.25, -0.2) is 5.43 Å². The number of hydrogen-bond acceptors (Lipinski definition) is 9. The number of carbonyl (C=O) groups is 1. The van der Waals surface area contributed by atoms with Gasteiger partial charge in [0.25, 0.3) is 11.6 Å². The van der Waals surface area contributed by atoms with Crippen LogP contribution >= 0.6 is 27.7 Å². The fourth-order valence-electron chi connectivity index (χ4n) is 2.92. The number of nitrogens with one attached hydrogen (secondary N) is 1. The number of nitro groups is 1. The smallest absolute Gasteiger partial charge is 0.274 e. The monoisotopic (exact) mass is 560 g/mol. The van der Waals surface area contributed by atoms with Gasteiger partial charge in [-0.05, 0) is 19.1 Å². The lowest BCUT2D eigenvalue weighted by molar-refractivity contribution is -0.385. The first-order valence-corrected chi connectivity index (χ1v) is 11.8. The largest absolute Gasteiger partial charge is 0.504 e. The number of allylic oxidation sites excluding steroid dienone is 1. The lowest BCUT2D eigenvalue weighted by Gasteiger charge is -2.11. The Morgan fingerprint density at radius 3 is 2.74 bits per heavy atom. The maximum Gasteiger partial charge on any atom is 0.274 e. The van der Waals surface area contributed by atoms with Crippen LogP contribution in [0.1, 0.15) is 12.5 Å². The van der Waals surface area contributed by atoms with Crippen molar-refractivity contribution < 1.29 is 19.6 Å². The molecule has 2 N–H and O–H groups in total. The lowest BCUT2D eigenvalue weighted by atomic mass is 10.2. The molecule has 0 unspecified atom stereocenters. The molecule has 1 atom stereocenters. The fourth-order valence-corrected chi connectivity index (χ4v) is 4.04. The van der Waals surface area contributed by atoms with E-state index in [1.165, 1.54) is 18.9 Å². The van der Waals surface area contributed by atoms with Gasteiger partial charge in [0, 0.05) is 28.2 Å². The first kappa shape index (κ1) is 25.9. The van der Waals surface area contributed by atoms with Gasteiger partial charge in [-0.15, -0.1) is 16.8 Å². The zero-order valence-electron chi connectivity index (χ0n) is 18.7. The zero-order chi connectivity index (χ0) is 25.5. The number of amides is 1. The van der Waals surface area contributed by atoms with Gasteiger partial charge in [-0.1, -0.05) is 45.9 Å². The molecule has 2 aromatic carbocycles. The predicted octanol–water partition coefficient (Wildman–Crippen LogP) is 4.15. The molecule has 0 saturated carbocycles. The molecule has 1 amide bonds. The topological polar surface area (TPSA) is 145 Å². The van der Waals surface area contributed by atoms with Gasteiger partial charge < -0.3 is 9.84 Å². The lowest BCUT2D eigenvalue weighted by Crippen LogP contribution is -2.27. The number of phenols is 1. The summed E-state index contributed by atoms with van der Waals surface area (Å²) < 4.78 is 7.73. The molecule has 182 valence electrons. The molecule has 0 aliphatic heterocycles. The number of ether oxygens (including phenoxy) is 1. The van der Waals surface area contributed by atoms with Crippen molar-refractivity contribution in [1.29, 1.82) is 0 Å². The summed E-state index contributed by atoms with van der Waals surface area (Å²) >= 11 is 4.59. The maximum absolute atomic E-state index is 12.6. The molecule has 0 aliphatic carbocycles. The standard InChI is InChI=1S/C22H21BrN6O5S/c1-4-9-28-20(14-5-7-16(23)8-6-14)25-27-22(28)35-13(2)21(31)26-24-12-15-10-17(29(32)33)11-18(34-3)19(15)30/h4-8,10-13,30H,1,9H2,2-3H3,(H,26,31)/b24-12-/t13-/m0/s1. The van der Waals surface area contributed by atoms with Crippen LogP contribution in [0, 0.1) is 10.1 Å². The van der Waals surface area contributed by atoms with Crippen molar-refractivity contribution in [2.75, 3.05) is 7.11 Å². The summed E-state index contributed by atoms with van der Waals surface area (Å²) in [5.41, 5.74) is 2.95. The molecule has 11 nitrogen and oxygen atoms in total. The third-order valence-corrected chi connectivity index (χ3v) is 6.29. The second kappa shape index (κ2) is 11.6. The number of rotatable bonds is 10. The van der Waals surface area contributed by atoms with E-state index in [1.54, 1.807) is 13.0 Å². The van der Waals surface area contributed by atoms with E-state index in [0.29, 0.717) is 17.5 Å². The van der Waals surface area contributed by atoms with Gasteiger partial charge >= 0.3 is 0 Å². The Morgan fingerprint density at radius 1 is 1.40 bits per heavy atom. The van der Waals surface area contributed by atoms with E-state index in [4.69, 9.17) is 4.74 Å². The van der Waals surface area contributed by atoms with Crippen molar-refractivity contribution in [2.24, 2.45) is 5.10 Å². The summed E-state index contributed by atoms with van der Waals surface area (Å²) in [6, 6.07) is 9.82. The second-order valence-corrected chi connectivity index (χ2v) is 9.27. The molecule has 1 heterocycles. The van der Waals surface area contributed by atoms with E-state index in [1.807, 2.05) is 28.8 Å². The number of phenolic OH excluding ortho intramolecular Hbond substituents is 1. The normalized spacial score (nSPS) is 11.9. The number of thioether (sulfide) groups is 1. The first-order chi connectivity index (χ1) is 16.7. The van der Waals surface area contributed by atoms with Crippen molar-refractivity contribution in [2.45, 2.75) is 23.9 Å². The van der Waals surface area contributed by atoms with Crippen molar-refractivity contribution >= 4 is 45.5 Å². The van der Waals surface area contributed by atoms with E-state index < -0.39 is 16.1 Å². The van der Waals surface area contributed by atoms with Gasteiger partial charge in [-0.2, -0.15) is 5.10 Å². The molecule has 0 saturated heterocycles. The van der Waals surface area contributed by atoms with E-state index >= 15 is 0 Å². The summed E-state index contributed by atoms with van der Waals surface area (Å²) in [5, 5.41) is 33.5. The Kier molecular flexibility index (Phi) is 8.60. The number of carbonyl (C=O) groups excluding carboxylic acids is 1. The first-order valence-electron chi connectivity index (χ1n) is 10.1. The van der Waals surface area contributed by atoms with Gasteiger partial charge in [0.1, 0.15) is 0 Å². The highest BCUT2D eigenvalue weighted by molar-refractivity contribution is 9.10. The van der Waals surface area contributed by atoms with Crippen LogP contribution in [0.2, 0.25) is 0 Å². The number of halogens is 1. The van der Waals surface area contributed by atoms with Crippen LogP contribution in [-0.4, -0.2) is 49.3 Å². The Bertz CT molecular complexity index is 1280. The highest BCUT2D eigenvalue weighted by Gasteiger charge is 2.21. The molecule has 0 radical (unpaired) electrons. The number of methoxy groups -OCH3 is 1. The Morgan fingerprint density at radius 2 is 2.11 bits per heavy atom.